The number of fused-ring (bicyclic) bond motifs is 1. The van der Waals surface area contributed by atoms with Gasteiger partial charge in [-0.25, -0.2) is 4.98 Å². The highest BCUT2D eigenvalue weighted by molar-refractivity contribution is 7.71. The van der Waals surface area contributed by atoms with E-state index < -0.39 is 0 Å². The number of hydrogen-bond acceptors (Lipinski definition) is 5. The van der Waals surface area contributed by atoms with Gasteiger partial charge in [-0.3, -0.25) is 0 Å². The highest BCUT2D eigenvalue weighted by Crippen LogP contribution is 2.33. The molecule has 0 bridgehead atoms. The van der Waals surface area contributed by atoms with Gasteiger partial charge in [0.1, 0.15) is 11.5 Å². The van der Waals surface area contributed by atoms with E-state index in [0.29, 0.717) is 17.3 Å². The molecule has 4 N–H and O–H groups in total. The fraction of sp³-hybridized carbons (Fsp3) is 0.167. The van der Waals surface area contributed by atoms with Crippen LogP contribution in [0.1, 0.15) is 5.56 Å². The number of nitrogens with zero attached hydrogens (tertiary/aromatic N) is 2. The fourth-order valence-electron chi connectivity index (χ4n) is 2.07. The van der Waals surface area contributed by atoms with Gasteiger partial charge in [0.15, 0.2) is 10.6 Å². The minimum absolute atomic E-state index is 0.390. The van der Waals surface area contributed by atoms with Crippen LogP contribution in [0.5, 0.6) is 0 Å². The number of halogens is 1. The highest BCUT2D eigenvalue weighted by atomic mass is 35.5. The Hall–Kier alpha value is -1.79. The maximum absolute atomic E-state index is 5.88. The van der Waals surface area contributed by atoms with E-state index in [1.54, 1.807) is 0 Å². The zero-order chi connectivity index (χ0) is 13.4. The fourth-order valence-corrected chi connectivity index (χ4v) is 2.39. The van der Waals surface area contributed by atoms with Crippen LogP contribution >= 0.6 is 23.8 Å². The van der Waals surface area contributed by atoms with Gasteiger partial charge in [0.05, 0.1) is 6.67 Å². The lowest BCUT2D eigenvalue weighted by molar-refractivity contribution is 0.853. The summed E-state index contributed by atoms with van der Waals surface area (Å²) in [7, 11) is 0. The first-order valence-electron chi connectivity index (χ1n) is 5.76. The first kappa shape index (κ1) is 12.3. The summed E-state index contributed by atoms with van der Waals surface area (Å²) >= 11 is 10.9. The van der Waals surface area contributed by atoms with Crippen LogP contribution in [-0.4, -0.2) is 16.6 Å². The van der Waals surface area contributed by atoms with Crippen molar-refractivity contribution in [1.29, 1.82) is 0 Å². The van der Waals surface area contributed by atoms with Crippen LogP contribution in [0.4, 0.5) is 17.3 Å². The van der Waals surface area contributed by atoms with E-state index in [0.717, 1.165) is 28.6 Å². The molecule has 0 saturated carbocycles. The van der Waals surface area contributed by atoms with E-state index in [2.05, 4.69) is 20.2 Å². The molecule has 0 atom stereocenters. The summed E-state index contributed by atoms with van der Waals surface area (Å²) in [5.74, 6) is 1.31. The van der Waals surface area contributed by atoms with Gasteiger partial charge in [-0.1, -0.05) is 23.7 Å². The number of benzene rings is 1. The topological polar surface area (TPSA) is 70.0 Å². The maximum atomic E-state index is 5.88. The molecule has 0 amide bonds. The molecule has 1 aliphatic rings. The van der Waals surface area contributed by atoms with Crippen LogP contribution in [0, 0.1) is 4.77 Å². The van der Waals surface area contributed by atoms with E-state index in [1.165, 1.54) is 0 Å². The van der Waals surface area contributed by atoms with Crippen LogP contribution in [0.3, 0.4) is 0 Å². The number of nitrogens with two attached hydrogens (primary N) is 1. The van der Waals surface area contributed by atoms with Crippen molar-refractivity contribution in [3.8, 4) is 0 Å². The van der Waals surface area contributed by atoms with Crippen LogP contribution in [-0.2, 0) is 6.54 Å². The van der Waals surface area contributed by atoms with Crippen molar-refractivity contribution in [2.24, 2.45) is 0 Å². The molecule has 0 aliphatic carbocycles. The van der Waals surface area contributed by atoms with E-state index in [4.69, 9.17) is 29.6 Å². The average Bonchev–Trinajstić information content (AvgIpc) is 2.76. The van der Waals surface area contributed by atoms with E-state index in [9.17, 15) is 0 Å². The lowest BCUT2D eigenvalue weighted by Gasteiger charge is -2.16. The summed E-state index contributed by atoms with van der Waals surface area (Å²) in [5, 5.41) is 3.94. The molecule has 1 aromatic carbocycles. The molecule has 2 aromatic rings. The second-order valence-corrected chi connectivity index (χ2v) is 5.14. The number of aromatic amines is 1. The molecule has 98 valence electrons. The molecular weight excluding hydrogens is 282 g/mol. The average molecular weight is 294 g/mol. The van der Waals surface area contributed by atoms with Crippen molar-refractivity contribution in [2.75, 3.05) is 22.6 Å². The van der Waals surface area contributed by atoms with Crippen molar-refractivity contribution in [3.63, 3.8) is 0 Å². The quantitative estimate of drug-likeness (QED) is 0.743. The standard InChI is InChI=1S/C12H12ClN5S/c13-8-3-1-7(2-4-8)5-18-6-15-9-10(14)16-12(19)17-11(9)18/h1-4,15H,5-6H2,(H3,14,16,17,19). The molecule has 1 aromatic heterocycles. The van der Waals surface area contributed by atoms with E-state index >= 15 is 0 Å². The summed E-state index contributed by atoms with van der Waals surface area (Å²) in [6.45, 7) is 1.38. The Labute approximate surface area is 120 Å². The van der Waals surface area contributed by atoms with Crippen molar-refractivity contribution >= 4 is 41.1 Å². The molecule has 7 heteroatoms. The van der Waals surface area contributed by atoms with Gasteiger partial charge in [0.25, 0.3) is 0 Å². The minimum atomic E-state index is 0.390. The predicted molar refractivity (Wildman–Crippen MR) is 80.0 cm³/mol. The van der Waals surface area contributed by atoms with Gasteiger partial charge in [-0.05, 0) is 29.9 Å². The molecule has 0 radical (unpaired) electrons. The monoisotopic (exact) mass is 293 g/mol. The van der Waals surface area contributed by atoms with E-state index in [-0.39, 0.29) is 0 Å². The predicted octanol–water partition coefficient (Wildman–Crippen LogP) is 2.76. The molecule has 3 rings (SSSR count). The maximum Gasteiger partial charge on any atom is 0.200 e. The highest BCUT2D eigenvalue weighted by Gasteiger charge is 2.22. The molecule has 0 spiro atoms. The van der Waals surface area contributed by atoms with Crippen molar-refractivity contribution < 1.29 is 0 Å². The van der Waals surface area contributed by atoms with Crippen molar-refractivity contribution in [3.05, 3.63) is 39.6 Å². The Morgan fingerprint density at radius 2 is 2.11 bits per heavy atom. The summed E-state index contributed by atoms with van der Waals surface area (Å²) < 4.78 is 0.390. The molecule has 1 aliphatic heterocycles. The van der Waals surface area contributed by atoms with Crippen molar-refractivity contribution in [1.82, 2.24) is 9.97 Å². The Morgan fingerprint density at radius 1 is 1.37 bits per heavy atom. The summed E-state index contributed by atoms with van der Waals surface area (Å²) in [4.78, 5) is 9.25. The lowest BCUT2D eigenvalue weighted by atomic mass is 10.2. The molecule has 0 saturated heterocycles. The Morgan fingerprint density at radius 3 is 2.84 bits per heavy atom. The third-order valence-corrected chi connectivity index (χ3v) is 3.42. The number of aromatic nitrogens is 2. The smallest absolute Gasteiger partial charge is 0.200 e. The SMILES string of the molecule is Nc1[nH]c(=S)nc2c1NCN2Cc1ccc(Cl)cc1. The number of rotatable bonds is 2. The van der Waals surface area contributed by atoms with Gasteiger partial charge < -0.3 is 20.9 Å². The molecule has 19 heavy (non-hydrogen) atoms. The summed E-state index contributed by atoms with van der Waals surface area (Å²) in [5.41, 5.74) is 7.84. The minimum Gasteiger partial charge on any atom is -0.383 e. The largest absolute Gasteiger partial charge is 0.383 e. The Balaban J connectivity index is 1.90. The summed E-state index contributed by atoms with van der Waals surface area (Å²) in [6, 6.07) is 7.74. The molecule has 0 fully saturated rings. The van der Waals surface area contributed by atoms with Crippen LogP contribution in [0.2, 0.25) is 5.02 Å². The number of hydrogen-bond donors (Lipinski definition) is 3. The number of H-pyrrole nitrogens is 1. The third-order valence-electron chi connectivity index (χ3n) is 2.97. The summed E-state index contributed by atoms with van der Waals surface area (Å²) in [6.07, 6.45) is 0. The lowest BCUT2D eigenvalue weighted by Crippen LogP contribution is -2.22. The zero-order valence-electron chi connectivity index (χ0n) is 9.98. The van der Waals surface area contributed by atoms with Gasteiger partial charge in [0.2, 0.25) is 0 Å². The van der Waals surface area contributed by atoms with Crippen molar-refractivity contribution in [2.45, 2.75) is 6.54 Å². The second-order valence-electron chi connectivity index (χ2n) is 4.31. The second kappa shape index (κ2) is 4.71. The van der Waals surface area contributed by atoms with Crippen LogP contribution in [0.25, 0.3) is 0 Å². The third kappa shape index (κ3) is 2.36. The zero-order valence-corrected chi connectivity index (χ0v) is 11.6. The first-order valence-corrected chi connectivity index (χ1v) is 6.55. The number of anilines is 3. The normalized spacial score (nSPS) is 13.2. The number of nitrogen functional groups attached to an aromatic ring is 1. The van der Waals surface area contributed by atoms with Gasteiger partial charge in [-0.15, -0.1) is 0 Å². The van der Waals surface area contributed by atoms with Crippen LogP contribution < -0.4 is 16.0 Å². The van der Waals surface area contributed by atoms with Gasteiger partial charge in [-0.2, -0.15) is 0 Å². The van der Waals surface area contributed by atoms with Gasteiger partial charge >= 0.3 is 0 Å². The van der Waals surface area contributed by atoms with Crippen LogP contribution in [0.15, 0.2) is 24.3 Å². The van der Waals surface area contributed by atoms with Gasteiger partial charge in [0, 0.05) is 11.6 Å². The first-order chi connectivity index (χ1) is 9.13. The molecule has 5 nitrogen and oxygen atoms in total. The Kier molecular flexibility index (Phi) is 3.04. The molecule has 2 heterocycles. The van der Waals surface area contributed by atoms with E-state index in [1.807, 2.05) is 24.3 Å². The number of nitrogens with one attached hydrogen (secondary N) is 2. The molecule has 0 unspecified atom stereocenters. The molecular formula is C12H12ClN5S. The Bertz CT molecular complexity index is 667.